The molecule has 0 saturated heterocycles. The maximum atomic E-state index is 13.5. The summed E-state index contributed by atoms with van der Waals surface area (Å²) >= 11 is 0. The van der Waals surface area contributed by atoms with Crippen LogP contribution >= 0.6 is 0 Å². The minimum atomic E-state index is -0.429. The Balaban J connectivity index is 1.74. The van der Waals surface area contributed by atoms with Gasteiger partial charge in [-0.05, 0) is 44.7 Å². The van der Waals surface area contributed by atoms with E-state index >= 15 is 0 Å². The standard InChI is InChI=1S/C18H18FN5O/c1-10-5-15(13-6-14(19)8-20-7-13)23-17-16(21-9-24(10)17)18(25)22-11(2)12-3-4-12/h5-9,11-12H,3-4H2,1-2H3,(H,22,25)/t11-/m0/s1. The predicted octanol–water partition coefficient (Wildman–Crippen LogP) is 2.77. The van der Waals surface area contributed by atoms with Gasteiger partial charge in [0.25, 0.3) is 5.91 Å². The molecule has 1 aliphatic rings. The molecule has 0 aromatic carbocycles. The predicted molar refractivity (Wildman–Crippen MR) is 90.6 cm³/mol. The Kier molecular flexibility index (Phi) is 3.71. The molecular formula is C18H18FN5O. The van der Waals surface area contributed by atoms with Crippen molar-refractivity contribution < 1.29 is 9.18 Å². The van der Waals surface area contributed by atoms with Crippen molar-refractivity contribution in [2.24, 2.45) is 5.92 Å². The molecule has 0 unspecified atom stereocenters. The van der Waals surface area contributed by atoms with Crippen LogP contribution in [0.15, 0.2) is 30.9 Å². The summed E-state index contributed by atoms with van der Waals surface area (Å²) in [4.78, 5) is 25.2. The summed E-state index contributed by atoms with van der Waals surface area (Å²) in [6, 6.07) is 3.32. The fourth-order valence-electron chi connectivity index (χ4n) is 2.97. The Morgan fingerprint density at radius 2 is 2.16 bits per heavy atom. The average Bonchev–Trinajstić information content (AvgIpc) is 3.34. The lowest BCUT2D eigenvalue weighted by Gasteiger charge is -2.11. The maximum Gasteiger partial charge on any atom is 0.274 e. The second-order valence-electron chi connectivity index (χ2n) is 6.56. The quantitative estimate of drug-likeness (QED) is 0.793. The van der Waals surface area contributed by atoms with Crippen LogP contribution in [0, 0.1) is 18.7 Å². The van der Waals surface area contributed by atoms with Crippen LogP contribution in [0.5, 0.6) is 0 Å². The SMILES string of the molecule is Cc1cc(-c2cncc(F)c2)nc2c(C(=O)N[C@@H](C)C3CC3)ncn12. The van der Waals surface area contributed by atoms with E-state index in [9.17, 15) is 9.18 Å². The topological polar surface area (TPSA) is 72.2 Å². The number of amides is 1. The number of carbonyl (C=O) groups is 1. The van der Waals surface area contributed by atoms with Gasteiger partial charge in [-0.15, -0.1) is 0 Å². The van der Waals surface area contributed by atoms with Gasteiger partial charge in [-0.1, -0.05) is 0 Å². The van der Waals surface area contributed by atoms with Crippen molar-refractivity contribution in [3.8, 4) is 11.3 Å². The minimum absolute atomic E-state index is 0.126. The maximum absolute atomic E-state index is 13.5. The van der Waals surface area contributed by atoms with Gasteiger partial charge in [-0.2, -0.15) is 0 Å². The number of pyridine rings is 1. The third-order valence-corrected chi connectivity index (χ3v) is 4.60. The van der Waals surface area contributed by atoms with E-state index in [1.807, 2.05) is 19.9 Å². The summed E-state index contributed by atoms with van der Waals surface area (Å²) in [5.41, 5.74) is 2.71. The highest BCUT2D eigenvalue weighted by atomic mass is 19.1. The summed E-state index contributed by atoms with van der Waals surface area (Å²) < 4.78 is 15.2. The molecule has 1 aliphatic carbocycles. The number of halogens is 1. The fraction of sp³-hybridized carbons (Fsp3) is 0.333. The zero-order valence-corrected chi connectivity index (χ0v) is 14.0. The van der Waals surface area contributed by atoms with Gasteiger partial charge in [0.05, 0.1) is 11.9 Å². The Bertz CT molecular complexity index is 963. The van der Waals surface area contributed by atoms with Crippen molar-refractivity contribution >= 4 is 11.6 Å². The second-order valence-corrected chi connectivity index (χ2v) is 6.56. The number of carbonyl (C=O) groups excluding carboxylic acids is 1. The van der Waals surface area contributed by atoms with Crippen molar-refractivity contribution in [1.82, 2.24) is 24.7 Å². The van der Waals surface area contributed by atoms with Gasteiger partial charge in [0.2, 0.25) is 0 Å². The lowest BCUT2D eigenvalue weighted by molar-refractivity contribution is 0.0933. The third-order valence-electron chi connectivity index (χ3n) is 4.60. The summed E-state index contributed by atoms with van der Waals surface area (Å²) in [5.74, 6) is -0.105. The number of aromatic nitrogens is 4. The minimum Gasteiger partial charge on any atom is -0.348 e. The van der Waals surface area contributed by atoms with Gasteiger partial charge < -0.3 is 5.32 Å². The number of hydrogen-bond donors (Lipinski definition) is 1. The van der Waals surface area contributed by atoms with Gasteiger partial charge in [0.1, 0.15) is 12.1 Å². The van der Waals surface area contributed by atoms with Gasteiger partial charge in [0, 0.05) is 23.5 Å². The molecule has 25 heavy (non-hydrogen) atoms. The van der Waals surface area contributed by atoms with Crippen molar-refractivity contribution in [3.05, 3.63) is 48.1 Å². The van der Waals surface area contributed by atoms with Crippen molar-refractivity contribution in [2.75, 3.05) is 0 Å². The van der Waals surface area contributed by atoms with Crippen LogP contribution in [0.3, 0.4) is 0 Å². The first kappa shape index (κ1) is 15.7. The van der Waals surface area contributed by atoms with Crippen molar-refractivity contribution in [2.45, 2.75) is 32.7 Å². The second kappa shape index (κ2) is 5.91. The fourth-order valence-corrected chi connectivity index (χ4v) is 2.97. The Morgan fingerprint density at radius 3 is 2.88 bits per heavy atom. The first-order valence-corrected chi connectivity index (χ1v) is 8.29. The van der Waals surface area contributed by atoms with Crippen LogP contribution in [0.1, 0.15) is 35.9 Å². The summed E-state index contributed by atoms with van der Waals surface area (Å²) in [7, 11) is 0. The van der Waals surface area contributed by atoms with Gasteiger partial charge in [-0.25, -0.2) is 14.4 Å². The van der Waals surface area contributed by atoms with Crippen LogP contribution in [-0.4, -0.2) is 31.3 Å². The third kappa shape index (κ3) is 2.97. The largest absolute Gasteiger partial charge is 0.348 e. The van der Waals surface area contributed by atoms with Crippen molar-refractivity contribution in [1.29, 1.82) is 0 Å². The number of rotatable bonds is 4. The number of nitrogens with one attached hydrogen (secondary N) is 1. The first-order valence-electron chi connectivity index (χ1n) is 8.29. The molecule has 0 radical (unpaired) electrons. The highest BCUT2D eigenvalue weighted by molar-refractivity contribution is 5.98. The van der Waals surface area contributed by atoms with Crippen LogP contribution < -0.4 is 5.32 Å². The molecule has 1 amide bonds. The summed E-state index contributed by atoms with van der Waals surface area (Å²) in [5, 5.41) is 3.00. The molecule has 128 valence electrons. The van der Waals surface area contributed by atoms with E-state index < -0.39 is 5.82 Å². The van der Waals surface area contributed by atoms with Gasteiger partial charge in [0.15, 0.2) is 11.3 Å². The summed E-state index contributed by atoms with van der Waals surface area (Å²) in [6.45, 7) is 3.90. The zero-order valence-electron chi connectivity index (χ0n) is 14.0. The Morgan fingerprint density at radius 1 is 1.36 bits per heavy atom. The molecule has 7 heteroatoms. The van der Waals surface area contributed by atoms with Crippen LogP contribution in [-0.2, 0) is 0 Å². The van der Waals surface area contributed by atoms with Gasteiger partial charge in [-0.3, -0.25) is 14.2 Å². The van der Waals surface area contributed by atoms with E-state index in [2.05, 4.69) is 20.3 Å². The van der Waals surface area contributed by atoms with E-state index in [-0.39, 0.29) is 17.6 Å². The number of fused-ring (bicyclic) bond motifs is 1. The molecule has 1 atom stereocenters. The Labute approximate surface area is 144 Å². The van der Waals surface area contributed by atoms with Crippen LogP contribution in [0.4, 0.5) is 4.39 Å². The molecular weight excluding hydrogens is 321 g/mol. The molecule has 3 aromatic heterocycles. The molecule has 0 spiro atoms. The van der Waals surface area contributed by atoms with Crippen molar-refractivity contribution in [3.63, 3.8) is 0 Å². The smallest absolute Gasteiger partial charge is 0.274 e. The Hall–Kier alpha value is -2.83. The number of aryl methyl sites for hydroxylation is 1. The van der Waals surface area contributed by atoms with Crippen LogP contribution in [0.25, 0.3) is 16.9 Å². The molecule has 0 aliphatic heterocycles. The molecule has 3 heterocycles. The van der Waals surface area contributed by atoms with E-state index in [0.29, 0.717) is 22.8 Å². The lowest BCUT2D eigenvalue weighted by Crippen LogP contribution is -2.34. The normalized spacial score (nSPS) is 15.3. The molecule has 1 fully saturated rings. The monoisotopic (exact) mass is 339 g/mol. The zero-order chi connectivity index (χ0) is 17.6. The molecule has 3 aromatic rings. The molecule has 1 saturated carbocycles. The van der Waals surface area contributed by atoms with E-state index in [4.69, 9.17) is 0 Å². The molecule has 1 N–H and O–H groups in total. The highest BCUT2D eigenvalue weighted by Gasteiger charge is 2.30. The highest BCUT2D eigenvalue weighted by Crippen LogP contribution is 2.32. The summed E-state index contributed by atoms with van der Waals surface area (Å²) in [6.07, 6.45) is 6.58. The number of nitrogens with zero attached hydrogens (tertiary/aromatic N) is 4. The number of hydrogen-bond acceptors (Lipinski definition) is 4. The van der Waals surface area contributed by atoms with Gasteiger partial charge >= 0.3 is 0 Å². The van der Waals surface area contributed by atoms with E-state index in [1.165, 1.54) is 6.07 Å². The molecule has 4 rings (SSSR count). The average molecular weight is 339 g/mol. The lowest BCUT2D eigenvalue weighted by atomic mass is 10.2. The first-order chi connectivity index (χ1) is 12.0. The van der Waals surface area contributed by atoms with E-state index in [0.717, 1.165) is 24.7 Å². The van der Waals surface area contributed by atoms with E-state index in [1.54, 1.807) is 16.9 Å². The van der Waals surface area contributed by atoms with Crippen LogP contribution in [0.2, 0.25) is 0 Å². The molecule has 0 bridgehead atoms. The number of imidazole rings is 1. The molecule has 6 nitrogen and oxygen atoms in total.